The van der Waals surface area contributed by atoms with E-state index in [0.29, 0.717) is 18.6 Å². The fourth-order valence-corrected chi connectivity index (χ4v) is 2.33. The average Bonchev–Trinajstić information content (AvgIpc) is 3.06. The van der Waals surface area contributed by atoms with Crippen molar-refractivity contribution in [3.05, 3.63) is 11.8 Å². The number of hydrogen-bond donors (Lipinski definition) is 0. The van der Waals surface area contributed by atoms with Gasteiger partial charge < -0.3 is 9.64 Å². The van der Waals surface area contributed by atoms with Gasteiger partial charge in [0.15, 0.2) is 0 Å². The van der Waals surface area contributed by atoms with Gasteiger partial charge in [0.1, 0.15) is 11.9 Å². The smallest absolute Gasteiger partial charge is 0.230 e. The fraction of sp³-hybridized carbons (Fsp3) is 0.786. The maximum absolute atomic E-state index is 12.2. The molecule has 0 spiro atoms. The molecule has 0 aromatic rings. The molecule has 1 fully saturated rings. The monoisotopic (exact) mass is 237 g/mol. The highest BCUT2D eigenvalue weighted by molar-refractivity contribution is 5.79. The molecule has 3 nitrogen and oxygen atoms in total. The minimum atomic E-state index is 0.248. The number of amides is 1. The molecule has 0 saturated heterocycles. The molecule has 1 unspecified atom stereocenters. The summed E-state index contributed by atoms with van der Waals surface area (Å²) >= 11 is 0. The molecule has 2 rings (SSSR count). The Bertz CT molecular complexity index is 307. The first-order valence-corrected chi connectivity index (χ1v) is 6.89. The van der Waals surface area contributed by atoms with Crippen LogP contribution in [0.25, 0.3) is 0 Å². The number of nitrogens with zero attached hydrogens (tertiary/aromatic N) is 1. The van der Waals surface area contributed by atoms with Gasteiger partial charge in [0, 0.05) is 19.0 Å². The maximum atomic E-state index is 12.2. The van der Waals surface area contributed by atoms with Crippen LogP contribution in [-0.2, 0) is 9.53 Å². The Kier molecular flexibility index (Phi) is 4.08. The summed E-state index contributed by atoms with van der Waals surface area (Å²) in [5.41, 5.74) is 0. The second-order valence-electron chi connectivity index (χ2n) is 5.05. The zero-order chi connectivity index (χ0) is 12.3. The SMILES string of the molecule is CCCN(C(=O)CC1=CCC(CC)O1)C1CC1. The minimum absolute atomic E-state index is 0.248. The van der Waals surface area contributed by atoms with Crippen molar-refractivity contribution in [2.45, 2.75) is 64.5 Å². The van der Waals surface area contributed by atoms with E-state index in [2.05, 4.69) is 19.9 Å². The van der Waals surface area contributed by atoms with Crippen LogP contribution < -0.4 is 0 Å². The van der Waals surface area contributed by atoms with Crippen molar-refractivity contribution >= 4 is 5.91 Å². The van der Waals surface area contributed by atoms with E-state index >= 15 is 0 Å². The van der Waals surface area contributed by atoms with Gasteiger partial charge in [-0.25, -0.2) is 0 Å². The van der Waals surface area contributed by atoms with E-state index in [-0.39, 0.29) is 5.91 Å². The average molecular weight is 237 g/mol. The van der Waals surface area contributed by atoms with E-state index in [0.717, 1.165) is 31.6 Å². The summed E-state index contributed by atoms with van der Waals surface area (Å²) in [4.78, 5) is 14.2. The molecule has 0 bridgehead atoms. The highest BCUT2D eigenvalue weighted by Gasteiger charge is 2.32. The Balaban J connectivity index is 1.83. The van der Waals surface area contributed by atoms with Gasteiger partial charge in [-0.15, -0.1) is 0 Å². The van der Waals surface area contributed by atoms with Crippen molar-refractivity contribution in [2.24, 2.45) is 0 Å². The number of carbonyl (C=O) groups is 1. The van der Waals surface area contributed by atoms with Crippen LogP contribution in [0.5, 0.6) is 0 Å². The third-order valence-corrected chi connectivity index (χ3v) is 3.48. The van der Waals surface area contributed by atoms with E-state index in [9.17, 15) is 4.79 Å². The van der Waals surface area contributed by atoms with Crippen LogP contribution in [0.1, 0.15) is 52.4 Å². The van der Waals surface area contributed by atoms with Gasteiger partial charge in [0.25, 0.3) is 0 Å². The third kappa shape index (κ3) is 3.24. The lowest BCUT2D eigenvalue weighted by Gasteiger charge is -2.22. The topological polar surface area (TPSA) is 29.5 Å². The summed E-state index contributed by atoms with van der Waals surface area (Å²) in [5, 5.41) is 0. The lowest BCUT2D eigenvalue weighted by atomic mass is 10.2. The van der Waals surface area contributed by atoms with E-state index in [1.807, 2.05) is 4.90 Å². The molecular formula is C14H23NO2. The highest BCUT2D eigenvalue weighted by Crippen LogP contribution is 2.29. The number of ether oxygens (including phenoxy) is 1. The zero-order valence-electron chi connectivity index (χ0n) is 10.9. The maximum Gasteiger partial charge on any atom is 0.230 e. The molecule has 1 amide bonds. The van der Waals surface area contributed by atoms with Crippen molar-refractivity contribution in [3.8, 4) is 0 Å². The van der Waals surface area contributed by atoms with Gasteiger partial charge in [-0.1, -0.05) is 13.8 Å². The van der Waals surface area contributed by atoms with Gasteiger partial charge in [-0.3, -0.25) is 4.79 Å². The van der Waals surface area contributed by atoms with E-state index in [1.54, 1.807) is 0 Å². The van der Waals surface area contributed by atoms with E-state index in [1.165, 1.54) is 12.8 Å². The summed E-state index contributed by atoms with van der Waals surface area (Å²) in [6.07, 6.45) is 8.26. The molecule has 0 radical (unpaired) electrons. The molecule has 2 aliphatic rings. The molecule has 96 valence electrons. The van der Waals surface area contributed by atoms with Gasteiger partial charge in [0.2, 0.25) is 5.91 Å². The standard InChI is InChI=1S/C14H23NO2/c1-3-9-15(11-5-6-11)14(16)10-13-8-7-12(4-2)17-13/h8,11-12H,3-7,9-10H2,1-2H3. The predicted molar refractivity (Wildman–Crippen MR) is 67.5 cm³/mol. The molecule has 1 aliphatic heterocycles. The summed E-state index contributed by atoms with van der Waals surface area (Å²) in [5.74, 6) is 1.14. The van der Waals surface area contributed by atoms with Crippen molar-refractivity contribution in [2.75, 3.05) is 6.54 Å². The third-order valence-electron chi connectivity index (χ3n) is 3.48. The Morgan fingerprint density at radius 1 is 1.47 bits per heavy atom. The van der Waals surface area contributed by atoms with Crippen LogP contribution in [0, 0.1) is 0 Å². The first kappa shape index (κ1) is 12.5. The van der Waals surface area contributed by atoms with Crippen LogP contribution in [-0.4, -0.2) is 29.5 Å². The van der Waals surface area contributed by atoms with Crippen LogP contribution in [0.2, 0.25) is 0 Å². The van der Waals surface area contributed by atoms with Gasteiger partial charge >= 0.3 is 0 Å². The Labute approximate surface area is 104 Å². The van der Waals surface area contributed by atoms with E-state index in [4.69, 9.17) is 4.74 Å². The molecular weight excluding hydrogens is 214 g/mol. The highest BCUT2D eigenvalue weighted by atomic mass is 16.5. The Morgan fingerprint density at radius 3 is 2.76 bits per heavy atom. The number of carbonyl (C=O) groups excluding carboxylic acids is 1. The normalized spacial score (nSPS) is 23.2. The van der Waals surface area contributed by atoms with E-state index < -0.39 is 0 Å². The Hall–Kier alpha value is -0.990. The van der Waals surface area contributed by atoms with Crippen molar-refractivity contribution in [3.63, 3.8) is 0 Å². The molecule has 17 heavy (non-hydrogen) atoms. The Morgan fingerprint density at radius 2 is 2.24 bits per heavy atom. The number of rotatable bonds is 6. The molecule has 0 N–H and O–H groups in total. The largest absolute Gasteiger partial charge is 0.494 e. The van der Waals surface area contributed by atoms with Crippen molar-refractivity contribution < 1.29 is 9.53 Å². The summed E-state index contributed by atoms with van der Waals surface area (Å²) in [6, 6.07) is 0.520. The second kappa shape index (κ2) is 5.56. The van der Waals surface area contributed by atoms with Gasteiger partial charge in [-0.05, 0) is 31.8 Å². The molecule has 1 atom stereocenters. The molecule has 0 aromatic heterocycles. The van der Waals surface area contributed by atoms with Crippen LogP contribution in [0.15, 0.2) is 11.8 Å². The molecule has 1 saturated carbocycles. The number of hydrogen-bond acceptors (Lipinski definition) is 2. The first-order valence-electron chi connectivity index (χ1n) is 6.89. The fourth-order valence-electron chi connectivity index (χ4n) is 2.33. The zero-order valence-corrected chi connectivity index (χ0v) is 10.9. The first-order chi connectivity index (χ1) is 8.24. The van der Waals surface area contributed by atoms with Crippen molar-refractivity contribution in [1.29, 1.82) is 0 Å². The lowest BCUT2D eigenvalue weighted by molar-refractivity contribution is -0.131. The molecule has 1 heterocycles. The minimum Gasteiger partial charge on any atom is -0.494 e. The summed E-state index contributed by atoms with van der Waals surface area (Å²) < 4.78 is 5.72. The van der Waals surface area contributed by atoms with Crippen molar-refractivity contribution in [1.82, 2.24) is 4.90 Å². The lowest BCUT2D eigenvalue weighted by Crippen LogP contribution is -2.34. The molecule has 3 heteroatoms. The van der Waals surface area contributed by atoms with Gasteiger partial charge in [0.05, 0.1) is 6.42 Å². The van der Waals surface area contributed by atoms with Crippen LogP contribution in [0.3, 0.4) is 0 Å². The molecule has 1 aliphatic carbocycles. The van der Waals surface area contributed by atoms with Crippen LogP contribution in [0.4, 0.5) is 0 Å². The predicted octanol–water partition coefficient (Wildman–Crippen LogP) is 2.86. The van der Waals surface area contributed by atoms with Gasteiger partial charge in [-0.2, -0.15) is 0 Å². The summed E-state index contributed by atoms with van der Waals surface area (Å²) in [6.45, 7) is 5.14. The molecule has 0 aromatic carbocycles. The quantitative estimate of drug-likeness (QED) is 0.711. The van der Waals surface area contributed by atoms with Crippen LogP contribution >= 0.6 is 0 Å². The second-order valence-corrected chi connectivity index (χ2v) is 5.05. The summed E-state index contributed by atoms with van der Waals surface area (Å²) in [7, 11) is 0.